The van der Waals surface area contributed by atoms with Crippen LogP contribution in [0.15, 0.2) is 0 Å². The maximum atomic E-state index is 11.0. The highest BCUT2D eigenvalue weighted by molar-refractivity contribution is 5.87. The number of carboxylic acid groups (broad SMARTS) is 1. The fourth-order valence-electron chi connectivity index (χ4n) is 1.40. The Morgan fingerprint density at radius 3 is 2.59 bits per heavy atom. The number of ether oxygens (including phenoxy) is 1. The largest absolute Gasteiger partial charge is 0.476 e. The molecule has 1 rings (SSSR count). The summed E-state index contributed by atoms with van der Waals surface area (Å²) >= 11 is 0. The summed E-state index contributed by atoms with van der Waals surface area (Å²) in [5.74, 6) is -0.756. The molecule has 3 N–H and O–H groups in total. The van der Waals surface area contributed by atoms with E-state index in [1.54, 1.807) is 0 Å². The minimum Gasteiger partial charge on any atom is -0.476 e. The van der Waals surface area contributed by atoms with E-state index in [1.807, 2.05) is 6.92 Å². The molecule has 6 heteroatoms. The molecule has 0 fully saturated rings. The molecule has 0 saturated heterocycles. The van der Waals surface area contributed by atoms with Crippen LogP contribution in [0.2, 0.25) is 0 Å². The van der Waals surface area contributed by atoms with Crippen LogP contribution in [-0.2, 0) is 16.9 Å². The van der Waals surface area contributed by atoms with Crippen LogP contribution in [-0.4, -0.2) is 32.8 Å². The molecular formula is C11H18N2O4. The van der Waals surface area contributed by atoms with Gasteiger partial charge in [0.2, 0.25) is 0 Å². The molecular weight excluding hydrogens is 224 g/mol. The van der Waals surface area contributed by atoms with Gasteiger partial charge in [0, 0.05) is 6.61 Å². The molecule has 1 aromatic heterocycles. The molecule has 0 aliphatic rings. The van der Waals surface area contributed by atoms with Crippen LogP contribution < -0.4 is 0 Å². The van der Waals surface area contributed by atoms with Gasteiger partial charge in [-0.2, -0.15) is 0 Å². The lowest BCUT2D eigenvalue weighted by molar-refractivity contribution is 0.0608. The number of aromatic carboxylic acids is 1. The number of aliphatic hydroxyl groups is 1. The van der Waals surface area contributed by atoms with Gasteiger partial charge in [0.25, 0.3) is 0 Å². The third-order valence-electron chi connectivity index (χ3n) is 2.15. The van der Waals surface area contributed by atoms with Crippen molar-refractivity contribution in [1.82, 2.24) is 9.97 Å². The first-order valence-electron chi connectivity index (χ1n) is 5.49. The molecule has 0 aliphatic heterocycles. The highest BCUT2D eigenvalue weighted by atomic mass is 16.5. The smallest absolute Gasteiger partial charge is 0.356 e. The summed E-state index contributed by atoms with van der Waals surface area (Å²) in [5, 5.41) is 18.8. The van der Waals surface area contributed by atoms with Crippen molar-refractivity contribution in [2.45, 2.75) is 39.4 Å². The van der Waals surface area contributed by atoms with Gasteiger partial charge < -0.3 is 19.9 Å². The molecule has 0 saturated carbocycles. The van der Waals surface area contributed by atoms with Gasteiger partial charge in [-0.05, 0) is 20.3 Å². The summed E-state index contributed by atoms with van der Waals surface area (Å²) < 4.78 is 5.26. The number of H-pyrrole nitrogens is 1. The van der Waals surface area contributed by atoms with E-state index in [2.05, 4.69) is 9.97 Å². The maximum absolute atomic E-state index is 11.0. The van der Waals surface area contributed by atoms with E-state index in [0.29, 0.717) is 12.4 Å². The third kappa shape index (κ3) is 3.54. The Labute approximate surface area is 99.6 Å². The maximum Gasteiger partial charge on any atom is 0.356 e. The second-order valence-corrected chi connectivity index (χ2v) is 4.32. The summed E-state index contributed by atoms with van der Waals surface area (Å²) in [6, 6.07) is 0. The molecule has 6 nitrogen and oxygen atoms in total. The second-order valence-electron chi connectivity index (χ2n) is 4.32. The first kappa shape index (κ1) is 13.7. The Morgan fingerprint density at radius 1 is 1.53 bits per heavy atom. The average Bonchev–Trinajstić information content (AvgIpc) is 2.62. The van der Waals surface area contributed by atoms with Gasteiger partial charge >= 0.3 is 5.97 Å². The number of rotatable bonds is 6. The van der Waals surface area contributed by atoms with Crippen LogP contribution in [0, 0.1) is 0 Å². The van der Waals surface area contributed by atoms with Gasteiger partial charge in [-0.15, -0.1) is 0 Å². The van der Waals surface area contributed by atoms with Gasteiger partial charge in [-0.3, -0.25) is 0 Å². The Bertz CT molecular complexity index is 393. The molecule has 0 aromatic carbocycles. The monoisotopic (exact) mass is 242 g/mol. The summed E-state index contributed by atoms with van der Waals surface area (Å²) in [7, 11) is 0. The van der Waals surface area contributed by atoms with Crippen molar-refractivity contribution in [2.75, 3.05) is 6.61 Å². The Kier molecular flexibility index (Phi) is 4.25. The first-order chi connectivity index (χ1) is 7.86. The van der Waals surface area contributed by atoms with Crippen LogP contribution >= 0.6 is 0 Å². The van der Waals surface area contributed by atoms with E-state index in [9.17, 15) is 9.90 Å². The summed E-state index contributed by atoms with van der Waals surface area (Å²) in [5.41, 5.74) is -1.24. The zero-order chi connectivity index (χ0) is 13.1. The van der Waals surface area contributed by atoms with Crippen molar-refractivity contribution in [3.63, 3.8) is 0 Å². The van der Waals surface area contributed by atoms with Crippen LogP contribution in [0.3, 0.4) is 0 Å². The van der Waals surface area contributed by atoms with Crippen molar-refractivity contribution in [2.24, 2.45) is 0 Å². The quantitative estimate of drug-likeness (QED) is 0.653. The Balaban J connectivity index is 2.93. The van der Waals surface area contributed by atoms with Gasteiger partial charge in [0.1, 0.15) is 18.0 Å². The highest BCUT2D eigenvalue weighted by Crippen LogP contribution is 2.22. The number of hydrogen-bond acceptors (Lipinski definition) is 4. The second kappa shape index (κ2) is 5.29. The predicted molar refractivity (Wildman–Crippen MR) is 60.7 cm³/mol. The molecule has 0 unspecified atom stereocenters. The molecule has 0 amide bonds. The van der Waals surface area contributed by atoms with E-state index >= 15 is 0 Å². The molecule has 96 valence electrons. The van der Waals surface area contributed by atoms with E-state index in [-0.39, 0.29) is 18.0 Å². The number of nitrogens with zero attached hydrogens (tertiary/aromatic N) is 1. The number of nitrogens with one attached hydrogen (secondary N) is 1. The van der Waals surface area contributed by atoms with Crippen LogP contribution in [0.25, 0.3) is 0 Å². The lowest BCUT2D eigenvalue weighted by Gasteiger charge is -2.15. The number of aromatic nitrogens is 2. The van der Waals surface area contributed by atoms with Gasteiger partial charge in [-0.25, -0.2) is 9.78 Å². The number of carboxylic acids is 1. The zero-order valence-corrected chi connectivity index (χ0v) is 10.3. The van der Waals surface area contributed by atoms with E-state index in [4.69, 9.17) is 9.84 Å². The number of imidazole rings is 1. The van der Waals surface area contributed by atoms with Gasteiger partial charge in [0.05, 0.1) is 5.69 Å². The summed E-state index contributed by atoms with van der Waals surface area (Å²) in [6.07, 6.45) is 0.880. The minimum atomic E-state index is -1.27. The Hall–Kier alpha value is -1.40. The van der Waals surface area contributed by atoms with Gasteiger partial charge in [-0.1, -0.05) is 6.92 Å². The van der Waals surface area contributed by atoms with Crippen LogP contribution in [0.1, 0.15) is 49.2 Å². The highest BCUT2D eigenvalue weighted by Gasteiger charge is 2.27. The molecule has 0 bridgehead atoms. The van der Waals surface area contributed by atoms with E-state index in [1.165, 1.54) is 13.8 Å². The number of aromatic amines is 1. The van der Waals surface area contributed by atoms with Crippen molar-refractivity contribution in [1.29, 1.82) is 0 Å². The lowest BCUT2D eigenvalue weighted by Crippen LogP contribution is -2.20. The topological polar surface area (TPSA) is 95.4 Å². The fraction of sp³-hybridized carbons (Fsp3) is 0.636. The number of carbonyl (C=O) groups is 1. The Morgan fingerprint density at radius 2 is 2.18 bits per heavy atom. The normalized spacial score (nSPS) is 11.8. The van der Waals surface area contributed by atoms with Gasteiger partial charge in [0.15, 0.2) is 5.69 Å². The molecule has 0 spiro atoms. The van der Waals surface area contributed by atoms with E-state index < -0.39 is 11.6 Å². The van der Waals surface area contributed by atoms with Crippen LogP contribution in [0.4, 0.5) is 0 Å². The minimum absolute atomic E-state index is 0.160. The molecule has 1 aromatic rings. The van der Waals surface area contributed by atoms with Crippen LogP contribution in [0.5, 0.6) is 0 Å². The molecule has 0 aliphatic carbocycles. The predicted octanol–water partition coefficient (Wildman–Crippen LogP) is 1.26. The standard InChI is InChI=1S/C11H18N2O4/c1-4-5-17-6-7-12-8(10(14)15)9(13-7)11(2,3)16/h16H,4-6H2,1-3H3,(H,12,13)(H,14,15). The molecule has 1 heterocycles. The van der Waals surface area contributed by atoms with E-state index in [0.717, 1.165) is 6.42 Å². The van der Waals surface area contributed by atoms with Crippen molar-refractivity contribution in [3.8, 4) is 0 Å². The summed E-state index contributed by atoms with van der Waals surface area (Å²) in [6.45, 7) is 5.78. The third-order valence-corrected chi connectivity index (χ3v) is 2.15. The van der Waals surface area contributed by atoms with Crippen molar-refractivity contribution < 1.29 is 19.7 Å². The SMILES string of the molecule is CCCOCc1nc(C(=O)O)c(C(C)(C)O)[nH]1. The molecule has 0 radical (unpaired) electrons. The lowest BCUT2D eigenvalue weighted by atomic mass is 10.0. The number of hydrogen-bond donors (Lipinski definition) is 3. The van der Waals surface area contributed by atoms with Crippen molar-refractivity contribution >= 4 is 5.97 Å². The fourth-order valence-corrected chi connectivity index (χ4v) is 1.40. The summed E-state index contributed by atoms with van der Waals surface area (Å²) in [4.78, 5) is 17.7. The van der Waals surface area contributed by atoms with Crippen molar-refractivity contribution in [3.05, 3.63) is 17.2 Å². The zero-order valence-electron chi connectivity index (χ0n) is 10.3. The average molecular weight is 242 g/mol. The molecule has 0 atom stereocenters. The molecule has 17 heavy (non-hydrogen) atoms. The first-order valence-corrected chi connectivity index (χ1v) is 5.49.